The number of aromatic nitrogens is 4. The van der Waals surface area contributed by atoms with E-state index in [1.54, 1.807) is 0 Å². The number of hydrogen-bond acceptors (Lipinski definition) is 4. The molecule has 2 heterocycles. The van der Waals surface area contributed by atoms with Gasteiger partial charge in [0.15, 0.2) is 0 Å². The summed E-state index contributed by atoms with van der Waals surface area (Å²) in [6.45, 7) is 4.09. The number of fused-ring (bicyclic) bond motifs is 2. The number of aromatic amines is 1. The van der Waals surface area contributed by atoms with Crippen LogP contribution in [0, 0.1) is 5.92 Å². The first-order chi connectivity index (χ1) is 12.6. The highest BCUT2D eigenvalue weighted by atomic mass is 16.2. The zero-order chi connectivity index (χ0) is 18.1. The Labute approximate surface area is 150 Å². The van der Waals surface area contributed by atoms with Crippen LogP contribution in [0.3, 0.4) is 0 Å². The van der Waals surface area contributed by atoms with E-state index in [2.05, 4.69) is 25.3 Å². The van der Waals surface area contributed by atoms with Gasteiger partial charge in [-0.3, -0.25) is 9.78 Å². The molecule has 26 heavy (non-hydrogen) atoms. The van der Waals surface area contributed by atoms with Crippen LogP contribution in [0.4, 0.5) is 0 Å². The molecule has 2 aromatic carbocycles. The molecule has 0 spiro atoms. The van der Waals surface area contributed by atoms with E-state index in [4.69, 9.17) is 0 Å². The highest BCUT2D eigenvalue weighted by Gasteiger charge is 2.23. The van der Waals surface area contributed by atoms with Gasteiger partial charge in [0.2, 0.25) is 0 Å². The summed E-state index contributed by atoms with van der Waals surface area (Å²) in [6, 6.07) is 15.1. The van der Waals surface area contributed by atoms with Crippen molar-refractivity contribution < 1.29 is 4.79 Å². The van der Waals surface area contributed by atoms with Crippen molar-refractivity contribution in [1.82, 2.24) is 25.3 Å². The number of carbonyl (C=O) groups is 1. The molecule has 0 bridgehead atoms. The summed E-state index contributed by atoms with van der Waals surface area (Å²) in [4.78, 5) is 29.4. The second-order valence-corrected chi connectivity index (χ2v) is 6.58. The van der Waals surface area contributed by atoms with E-state index in [1.807, 2.05) is 62.4 Å². The predicted octanol–water partition coefficient (Wildman–Crippen LogP) is 3.63. The molecular formula is C20H19N5O. The predicted molar refractivity (Wildman–Crippen MR) is 101 cm³/mol. The molecule has 4 aromatic rings. The van der Waals surface area contributed by atoms with Crippen LogP contribution in [0.2, 0.25) is 0 Å². The summed E-state index contributed by atoms with van der Waals surface area (Å²) >= 11 is 0. The molecule has 0 fully saturated rings. The fraction of sp³-hybridized carbons (Fsp3) is 0.200. The van der Waals surface area contributed by atoms with Crippen molar-refractivity contribution in [2.45, 2.75) is 19.9 Å². The van der Waals surface area contributed by atoms with E-state index < -0.39 is 0 Å². The molecule has 130 valence electrons. The Kier molecular flexibility index (Phi) is 4.08. The number of rotatable bonds is 4. The van der Waals surface area contributed by atoms with Gasteiger partial charge >= 0.3 is 0 Å². The zero-order valence-electron chi connectivity index (χ0n) is 14.6. The van der Waals surface area contributed by atoms with Gasteiger partial charge in [-0.2, -0.15) is 0 Å². The fourth-order valence-corrected chi connectivity index (χ4v) is 2.95. The minimum atomic E-state index is -0.262. The van der Waals surface area contributed by atoms with Crippen LogP contribution in [0.5, 0.6) is 0 Å². The lowest BCUT2D eigenvalue weighted by atomic mass is 10.0. The van der Waals surface area contributed by atoms with Crippen molar-refractivity contribution >= 4 is 28.0 Å². The summed E-state index contributed by atoms with van der Waals surface area (Å²) in [5.41, 5.74) is 3.60. The van der Waals surface area contributed by atoms with Crippen molar-refractivity contribution in [2.75, 3.05) is 0 Å². The Balaban J connectivity index is 1.63. The van der Waals surface area contributed by atoms with E-state index in [-0.39, 0.29) is 17.9 Å². The van der Waals surface area contributed by atoms with Crippen LogP contribution in [0.15, 0.2) is 54.7 Å². The van der Waals surface area contributed by atoms with Gasteiger partial charge in [0, 0.05) is 0 Å². The van der Waals surface area contributed by atoms with Gasteiger partial charge in [0.05, 0.1) is 34.3 Å². The van der Waals surface area contributed by atoms with Gasteiger partial charge in [-0.1, -0.05) is 38.1 Å². The van der Waals surface area contributed by atoms with E-state index in [0.717, 1.165) is 22.4 Å². The average Bonchev–Trinajstić information content (AvgIpc) is 3.09. The van der Waals surface area contributed by atoms with Gasteiger partial charge in [-0.25, -0.2) is 9.97 Å². The maximum Gasteiger partial charge on any atom is 0.272 e. The summed E-state index contributed by atoms with van der Waals surface area (Å²) in [5.74, 6) is 0.638. The number of carbonyl (C=O) groups excluding carboxylic acids is 1. The Morgan fingerprint density at radius 3 is 2.38 bits per heavy atom. The first-order valence-electron chi connectivity index (χ1n) is 8.59. The summed E-state index contributed by atoms with van der Waals surface area (Å²) < 4.78 is 0. The molecule has 0 saturated carbocycles. The molecule has 2 N–H and O–H groups in total. The number of para-hydroxylation sites is 4. The highest BCUT2D eigenvalue weighted by molar-refractivity contribution is 5.94. The molecule has 0 aliphatic rings. The summed E-state index contributed by atoms with van der Waals surface area (Å²) in [7, 11) is 0. The molecule has 2 aromatic heterocycles. The molecule has 0 aliphatic carbocycles. The summed E-state index contributed by atoms with van der Waals surface area (Å²) in [6.07, 6.45) is 1.51. The zero-order valence-corrected chi connectivity index (χ0v) is 14.6. The first-order valence-corrected chi connectivity index (χ1v) is 8.59. The Hall–Kier alpha value is -3.28. The molecule has 0 saturated heterocycles. The quantitative estimate of drug-likeness (QED) is 0.591. The average molecular weight is 345 g/mol. The Bertz CT molecular complexity index is 1050. The molecule has 1 amide bonds. The number of nitrogens with one attached hydrogen (secondary N) is 2. The molecule has 4 rings (SSSR count). The SMILES string of the molecule is CC(C)C(NC(=O)c1cnc2ccccc2n1)c1nc2ccccc2[nH]1. The normalized spacial score (nSPS) is 12.6. The number of hydrogen-bond donors (Lipinski definition) is 2. The smallest absolute Gasteiger partial charge is 0.272 e. The minimum Gasteiger partial charge on any atom is -0.340 e. The number of benzene rings is 2. The lowest BCUT2D eigenvalue weighted by molar-refractivity contribution is 0.0918. The van der Waals surface area contributed by atoms with Crippen molar-refractivity contribution in [3.63, 3.8) is 0 Å². The molecule has 1 atom stereocenters. The third-order valence-electron chi connectivity index (χ3n) is 4.34. The second-order valence-electron chi connectivity index (χ2n) is 6.58. The second kappa shape index (κ2) is 6.55. The van der Waals surface area contributed by atoms with Crippen LogP contribution in [-0.4, -0.2) is 25.8 Å². The topological polar surface area (TPSA) is 83.6 Å². The van der Waals surface area contributed by atoms with Gasteiger partial charge in [0.1, 0.15) is 11.5 Å². The number of imidazole rings is 1. The molecule has 1 unspecified atom stereocenters. The van der Waals surface area contributed by atoms with Crippen molar-refractivity contribution in [2.24, 2.45) is 5.92 Å². The number of nitrogens with zero attached hydrogens (tertiary/aromatic N) is 3. The lowest BCUT2D eigenvalue weighted by Crippen LogP contribution is -2.33. The van der Waals surface area contributed by atoms with Crippen LogP contribution < -0.4 is 5.32 Å². The van der Waals surface area contributed by atoms with Crippen molar-refractivity contribution in [3.05, 3.63) is 66.2 Å². The van der Waals surface area contributed by atoms with Gasteiger partial charge < -0.3 is 10.3 Å². The first kappa shape index (κ1) is 16.2. The summed E-state index contributed by atoms with van der Waals surface area (Å²) in [5, 5.41) is 3.04. The molecule has 0 radical (unpaired) electrons. The monoisotopic (exact) mass is 345 g/mol. The van der Waals surface area contributed by atoms with Gasteiger partial charge in [-0.05, 0) is 30.2 Å². The Morgan fingerprint density at radius 2 is 1.65 bits per heavy atom. The van der Waals surface area contributed by atoms with Gasteiger partial charge in [0.25, 0.3) is 5.91 Å². The van der Waals surface area contributed by atoms with Crippen LogP contribution in [-0.2, 0) is 0 Å². The van der Waals surface area contributed by atoms with Crippen LogP contribution >= 0.6 is 0 Å². The van der Waals surface area contributed by atoms with Crippen LogP contribution in [0.25, 0.3) is 22.1 Å². The minimum absolute atomic E-state index is 0.160. The van der Waals surface area contributed by atoms with Crippen molar-refractivity contribution in [1.29, 1.82) is 0 Å². The standard InChI is InChI=1S/C20H19N5O/c1-12(2)18(19-23-15-9-5-6-10-16(15)24-19)25-20(26)17-11-21-13-7-3-4-8-14(13)22-17/h3-12,18H,1-2H3,(H,23,24)(H,25,26). The number of H-pyrrole nitrogens is 1. The maximum atomic E-state index is 12.7. The van der Waals surface area contributed by atoms with E-state index in [9.17, 15) is 4.79 Å². The van der Waals surface area contributed by atoms with E-state index >= 15 is 0 Å². The maximum absolute atomic E-state index is 12.7. The molecule has 6 nitrogen and oxygen atoms in total. The molecular weight excluding hydrogens is 326 g/mol. The van der Waals surface area contributed by atoms with E-state index in [0.29, 0.717) is 11.2 Å². The third kappa shape index (κ3) is 3.01. The molecule has 0 aliphatic heterocycles. The third-order valence-corrected chi connectivity index (χ3v) is 4.34. The Morgan fingerprint density at radius 1 is 0.962 bits per heavy atom. The van der Waals surface area contributed by atoms with Crippen molar-refractivity contribution in [3.8, 4) is 0 Å². The van der Waals surface area contributed by atoms with Crippen LogP contribution in [0.1, 0.15) is 36.2 Å². The molecule has 6 heteroatoms. The van der Waals surface area contributed by atoms with E-state index in [1.165, 1.54) is 6.20 Å². The largest absolute Gasteiger partial charge is 0.340 e. The van der Waals surface area contributed by atoms with Gasteiger partial charge in [-0.15, -0.1) is 0 Å². The fourth-order valence-electron chi connectivity index (χ4n) is 2.95. The number of amides is 1. The highest BCUT2D eigenvalue weighted by Crippen LogP contribution is 2.22. The lowest BCUT2D eigenvalue weighted by Gasteiger charge is -2.20.